The highest BCUT2D eigenvalue weighted by molar-refractivity contribution is 6.31. The predicted octanol–water partition coefficient (Wildman–Crippen LogP) is 6.24. The Hall–Kier alpha value is -2.49. The van der Waals surface area contributed by atoms with Crippen molar-refractivity contribution in [1.82, 2.24) is 5.01 Å². The zero-order valence-electron chi connectivity index (χ0n) is 14.3. The molecular weight excluding hydrogens is 379 g/mol. The van der Waals surface area contributed by atoms with Gasteiger partial charge in [0, 0.05) is 27.6 Å². The van der Waals surface area contributed by atoms with E-state index < -0.39 is 0 Å². The van der Waals surface area contributed by atoms with E-state index in [1.165, 1.54) is 0 Å². The first kappa shape index (κ1) is 16.7. The molecule has 27 heavy (non-hydrogen) atoms. The van der Waals surface area contributed by atoms with Gasteiger partial charge in [0.05, 0.1) is 11.8 Å². The van der Waals surface area contributed by atoms with E-state index in [1.54, 1.807) is 0 Å². The highest BCUT2D eigenvalue weighted by atomic mass is 35.5. The molecule has 0 N–H and O–H groups in total. The van der Waals surface area contributed by atoms with E-state index in [2.05, 4.69) is 17.1 Å². The van der Waals surface area contributed by atoms with Crippen LogP contribution in [0.25, 0.3) is 0 Å². The first-order valence-corrected chi connectivity index (χ1v) is 9.57. The summed E-state index contributed by atoms with van der Waals surface area (Å²) in [6.07, 6.45) is 0.525. The topological polar surface area (TPSA) is 24.8 Å². The zero-order valence-corrected chi connectivity index (χ0v) is 15.9. The fourth-order valence-electron chi connectivity index (χ4n) is 3.71. The maximum atomic E-state index is 6.33. The van der Waals surface area contributed by atoms with Gasteiger partial charge < -0.3 is 4.74 Å². The van der Waals surface area contributed by atoms with Crippen molar-refractivity contribution in [2.75, 3.05) is 0 Å². The summed E-state index contributed by atoms with van der Waals surface area (Å²) in [7, 11) is 0. The third kappa shape index (κ3) is 2.97. The summed E-state index contributed by atoms with van der Waals surface area (Å²) in [6, 6.07) is 23.9. The van der Waals surface area contributed by atoms with Crippen LogP contribution in [0, 0.1) is 0 Å². The van der Waals surface area contributed by atoms with Crippen LogP contribution in [0.4, 0.5) is 0 Å². The van der Waals surface area contributed by atoms with E-state index in [9.17, 15) is 0 Å². The molecular formula is C22H16Cl2N2O. The highest BCUT2D eigenvalue weighted by Crippen LogP contribution is 2.48. The summed E-state index contributed by atoms with van der Waals surface area (Å²) >= 11 is 12.3. The Morgan fingerprint density at radius 2 is 1.63 bits per heavy atom. The van der Waals surface area contributed by atoms with E-state index in [1.807, 2.05) is 60.7 Å². The molecule has 5 rings (SSSR count). The summed E-state index contributed by atoms with van der Waals surface area (Å²) in [4.78, 5) is 0. The lowest BCUT2D eigenvalue weighted by atomic mass is 9.96. The average Bonchev–Trinajstić information content (AvgIpc) is 3.14. The van der Waals surface area contributed by atoms with Crippen LogP contribution in [0.1, 0.15) is 35.4 Å². The molecule has 2 aliphatic rings. The average molecular weight is 395 g/mol. The summed E-state index contributed by atoms with van der Waals surface area (Å²) < 4.78 is 6.33. The van der Waals surface area contributed by atoms with Crippen molar-refractivity contribution in [2.24, 2.45) is 5.10 Å². The molecule has 0 saturated carbocycles. The monoisotopic (exact) mass is 394 g/mol. The Bertz CT molecular complexity index is 1020. The second-order valence-corrected chi connectivity index (χ2v) is 7.59. The standard InChI is InChI=1S/C22H16Cl2N2O/c23-16-8-6-14(7-9-16)19-13-20-18-12-17(24)10-11-21(18)27-22(26(20)25-19)15-4-2-1-3-5-15/h1-12,20,22H,13H2/t20-,22-/m1/s1. The molecule has 134 valence electrons. The maximum absolute atomic E-state index is 6.33. The van der Waals surface area contributed by atoms with Crippen LogP contribution < -0.4 is 4.74 Å². The number of fused-ring (bicyclic) bond motifs is 3. The van der Waals surface area contributed by atoms with E-state index in [0.29, 0.717) is 5.02 Å². The fraction of sp³-hybridized carbons (Fsp3) is 0.136. The van der Waals surface area contributed by atoms with Crippen LogP contribution in [0.15, 0.2) is 77.9 Å². The van der Waals surface area contributed by atoms with Gasteiger partial charge in [-0.2, -0.15) is 5.10 Å². The minimum Gasteiger partial charge on any atom is -0.464 e. The van der Waals surface area contributed by atoms with Crippen molar-refractivity contribution in [3.8, 4) is 5.75 Å². The van der Waals surface area contributed by atoms with Gasteiger partial charge >= 0.3 is 0 Å². The van der Waals surface area contributed by atoms with Crippen LogP contribution in [0.2, 0.25) is 10.0 Å². The molecule has 2 aliphatic heterocycles. The molecule has 3 aromatic rings. The largest absolute Gasteiger partial charge is 0.464 e. The molecule has 3 aromatic carbocycles. The van der Waals surface area contributed by atoms with Crippen molar-refractivity contribution >= 4 is 28.9 Å². The van der Waals surface area contributed by atoms with Crippen molar-refractivity contribution in [3.63, 3.8) is 0 Å². The summed E-state index contributed by atoms with van der Waals surface area (Å²) in [6.45, 7) is 0. The van der Waals surface area contributed by atoms with E-state index in [-0.39, 0.29) is 12.3 Å². The van der Waals surface area contributed by atoms with Gasteiger partial charge in [-0.3, -0.25) is 0 Å². The summed E-state index contributed by atoms with van der Waals surface area (Å²) in [5, 5.41) is 8.41. The van der Waals surface area contributed by atoms with Gasteiger partial charge in [0.2, 0.25) is 6.23 Å². The smallest absolute Gasteiger partial charge is 0.213 e. The lowest BCUT2D eigenvalue weighted by molar-refractivity contribution is -0.0190. The zero-order chi connectivity index (χ0) is 18.4. The van der Waals surface area contributed by atoms with Crippen molar-refractivity contribution in [1.29, 1.82) is 0 Å². The molecule has 3 nitrogen and oxygen atoms in total. The molecule has 0 aliphatic carbocycles. The molecule has 5 heteroatoms. The Morgan fingerprint density at radius 3 is 2.41 bits per heavy atom. The highest BCUT2D eigenvalue weighted by Gasteiger charge is 2.41. The third-order valence-corrected chi connectivity index (χ3v) is 5.50. The normalized spacial score (nSPS) is 20.5. The first-order valence-electron chi connectivity index (χ1n) is 8.82. The van der Waals surface area contributed by atoms with Crippen LogP contribution >= 0.6 is 23.2 Å². The van der Waals surface area contributed by atoms with E-state index in [0.717, 1.165) is 39.6 Å². The van der Waals surface area contributed by atoms with E-state index in [4.69, 9.17) is 33.0 Å². The number of halogens is 2. The molecule has 0 saturated heterocycles. The van der Waals surface area contributed by atoms with Crippen molar-refractivity contribution in [2.45, 2.75) is 18.7 Å². The predicted molar refractivity (Wildman–Crippen MR) is 108 cm³/mol. The van der Waals surface area contributed by atoms with Crippen LogP contribution in [0.5, 0.6) is 5.75 Å². The van der Waals surface area contributed by atoms with E-state index >= 15 is 0 Å². The quantitative estimate of drug-likeness (QED) is 0.513. The van der Waals surface area contributed by atoms with Gasteiger partial charge in [-0.15, -0.1) is 0 Å². The Balaban J connectivity index is 1.60. The molecule has 2 atom stereocenters. The number of nitrogens with zero attached hydrogens (tertiary/aromatic N) is 2. The number of ether oxygens (including phenoxy) is 1. The minimum absolute atomic E-state index is 0.0864. The summed E-state index contributed by atoms with van der Waals surface area (Å²) in [5.41, 5.74) is 4.24. The third-order valence-electron chi connectivity index (χ3n) is 5.01. The molecule has 0 aromatic heterocycles. The second-order valence-electron chi connectivity index (χ2n) is 6.72. The van der Waals surface area contributed by atoms with Gasteiger partial charge in [0.1, 0.15) is 5.75 Å². The molecule has 0 fully saturated rings. The maximum Gasteiger partial charge on any atom is 0.213 e. The summed E-state index contributed by atoms with van der Waals surface area (Å²) in [5.74, 6) is 0.863. The molecule has 0 amide bonds. The Labute approximate surface area is 167 Å². The lowest BCUT2D eigenvalue weighted by Crippen LogP contribution is -2.33. The van der Waals surface area contributed by atoms with Crippen LogP contribution in [-0.4, -0.2) is 10.7 Å². The second kappa shape index (κ2) is 6.59. The lowest BCUT2D eigenvalue weighted by Gasteiger charge is -2.38. The van der Waals surface area contributed by atoms with Crippen LogP contribution in [0.3, 0.4) is 0 Å². The molecule has 0 radical (unpaired) electrons. The number of rotatable bonds is 2. The van der Waals surface area contributed by atoms with Gasteiger partial charge in [-0.1, -0.05) is 65.7 Å². The molecule has 0 spiro atoms. The van der Waals surface area contributed by atoms with Crippen LogP contribution in [-0.2, 0) is 0 Å². The van der Waals surface area contributed by atoms with Gasteiger partial charge in [-0.25, -0.2) is 5.01 Å². The van der Waals surface area contributed by atoms with Gasteiger partial charge in [0.25, 0.3) is 0 Å². The number of hydrazone groups is 1. The number of hydrogen-bond donors (Lipinski definition) is 0. The van der Waals surface area contributed by atoms with Crippen molar-refractivity contribution in [3.05, 3.63) is 99.5 Å². The molecule has 0 unspecified atom stereocenters. The Kier molecular flexibility index (Phi) is 4.07. The SMILES string of the molecule is Clc1ccc(C2=NN3[C@H](C2)c2cc(Cl)ccc2O[C@@H]3c2ccccc2)cc1. The fourth-order valence-corrected chi connectivity index (χ4v) is 4.02. The molecule has 0 bridgehead atoms. The minimum atomic E-state index is -0.269. The number of benzene rings is 3. The first-order chi connectivity index (χ1) is 13.2. The Morgan fingerprint density at radius 1 is 0.889 bits per heavy atom. The van der Waals surface area contributed by atoms with Gasteiger partial charge in [-0.05, 0) is 35.9 Å². The molecule has 2 heterocycles. The number of hydrogen-bond acceptors (Lipinski definition) is 3. The van der Waals surface area contributed by atoms with Gasteiger partial charge in [0.15, 0.2) is 0 Å². The van der Waals surface area contributed by atoms with Crippen molar-refractivity contribution < 1.29 is 4.74 Å².